The molecule has 0 radical (unpaired) electrons. The molecule has 6 nitrogen and oxygen atoms in total. The lowest BCUT2D eigenvalue weighted by atomic mass is 10.0. The fourth-order valence-electron chi connectivity index (χ4n) is 3.75. The Morgan fingerprint density at radius 1 is 1.22 bits per heavy atom. The number of anilines is 1. The Hall–Kier alpha value is -2.86. The van der Waals surface area contributed by atoms with Crippen LogP contribution in [0.5, 0.6) is 0 Å². The maximum absolute atomic E-state index is 12.3. The maximum atomic E-state index is 12.3. The Labute approximate surface area is 159 Å². The van der Waals surface area contributed by atoms with Crippen LogP contribution in [-0.2, 0) is 6.54 Å². The Balaban J connectivity index is 1.46. The number of hydrogen-bond donors (Lipinski definition) is 3. The fraction of sp³-hybridized carbons (Fsp3) is 0.333. The van der Waals surface area contributed by atoms with Crippen molar-refractivity contribution in [2.45, 2.75) is 25.4 Å². The number of rotatable bonds is 5. The summed E-state index contributed by atoms with van der Waals surface area (Å²) in [5.41, 5.74) is 3.62. The molecule has 1 fully saturated rings. The van der Waals surface area contributed by atoms with Crippen molar-refractivity contribution < 1.29 is 4.79 Å². The fourth-order valence-corrected chi connectivity index (χ4v) is 3.75. The number of aromatic amines is 1. The molecular formula is C21H25N5O. The molecule has 140 valence electrons. The van der Waals surface area contributed by atoms with Crippen molar-refractivity contribution in [3.63, 3.8) is 0 Å². The van der Waals surface area contributed by atoms with Crippen molar-refractivity contribution >= 4 is 22.6 Å². The lowest BCUT2D eigenvalue weighted by Gasteiger charge is -2.33. The number of aromatic nitrogens is 2. The highest BCUT2D eigenvalue weighted by Gasteiger charge is 2.22. The molecule has 0 spiro atoms. The van der Waals surface area contributed by atoms with Crippen molar-refractivity contribution in [2.24, 2.45) is 0 Å². The van der Waals surface area contributed by atoms with Gasteiger partial charge in [0.1, 0.15) is 5.65 Å². The third-order valence-electron chi connectivity index (χ3n) is 5.24. The molecule has 1 aromatic carbocycles. The maximum Gasteiger partial charge on any atom is 0.254 e. The molecule has 6 heteroatoms. The Morgan fingerprint density at radius 3 is 2.74 bits per heavy atom. The SMILES string of the molecule is CNC(=O)c1cnc2[nH]ccc2c1NC1CCN(Cc2ccccc2)CC1. The molecule has 27 heavy (non-hydrogen) atoms. The average Bonchev–Trinajstić information content (AvgIpc) is 3.19. The van der Waals surface area contributed by atoms with E-state index in [-0.39, 0.29) is 5.91 Å². The van der Waals surface area contributed by atoms with Crippen LogP contribution in [0, 0.1) is 0 Å². The molecule has 1 amide bonds. The monoisotopic (exact) mass is 363 g/mol. The molecule has 3 N–H and O–H groups in total. The van der Waals surface area contributed by atoms with E-state index in [4.69, 9.17) is 0 Å². The van der Waals surface area contributed by atoms with Crippen molar-refractivity contribution in [1.82, 2.24) is 20.2 Å². The summed E-state index contributed by atoms with van der Waals surface area (Å²) in [5.74, 6) is -0.116. The standard InChI is InChI=1S/C21H25N5O/c1-22-21(27)18-13-24-20-17(7-10-23-20)19(18)25-16-8-11-26(12-9-16)14-15-5-3-2-4-6-15/h2-7,10,13,16H,8-9,11-12,14H2,1H3,(H,22,27)(H2,23,24,25). The minimum absolute atomic E-state index is 0.116. The van der Waals surface area contributed by atoms with Crippen LogP contribution in [0.15, 0.2) is 48.8 Å². The van der Waals surface area contributed by atoms with Crippen LogP contribution in [0.2, 0.25) is 0 Å². The molecule has 3 heterocycles. The normalized spacial score (nSPS) is 15.7. The summed E-state index contributed by atoms with van der Waals surface area (Å²) in [6, 6.07) is 12.9. The highest BCUT2D eigenvalue weighted by atomic mass is 16.1. The highest BCUT2D eigenvalue weighted by Crippen LogP contribution is 2.28. The van der Waals surface area contributed by atoms with E-state index in [9.17, 15) is 4.79 Å². The zero-order chi connectivity index (χ0) is 18.6. The zero-order valence-electron chi connectivity index (χ0n) is 15.5. The number of fused-ring (bicyclic) bond motifs is 1. The van der Waals surface area contributed by atoms with E-state index in [2.05, 4.69) is 55.8 Å². The second-order valence-corrected chi connectivity index (χ2v) is 7.05. The average molecular weight is 363 g/mol. The predicted molar refractivity (Wildman–Crippen MR) is 108 cm³/mol. The van der Waals surface area contributed by atoms with Crippen molar-refractivity contribution in [3.8, 4) is 0 Å². The lowest BCUT2D eigenvalue weighted by Crippen LogP contribution is -2.39. The van der Waals surface area contributed by atoms with Crippen molar-refractivity contribution in [2.75, 3.05) is 25.5 Å². The third kappa shape index (κ3) is 3.80. The molecule has 3 aromatic rings. The van der Waals surface area contributed by atoms with E-state index in [1.165, 1.54) is 5.56 Å². The molecule has 0 saturated carbocycles. The van der Waals surface area contributed by atoms with E-state index in [1.807, 2.05) is 12.3 Å². The molecule has 1 aliphatic rings. The first-order valence-electron chi connectivity index (χ1n) is 9.45. The Bertz CT molecular complexity index is 913. The van der Waals surface area contributed by atoms with Crippen LogP contribution in [-0.4, -0.2) is 47.0 Å². The van der Waals surface area contributed by atoms with Crippen LogP contribution in [0.4, 0.5) is 5.69 Å². The summed E-state index contributed by atoms with van der Waals surface area (Å²) in [7, 11) is 1.65. The molecule has 0 unspecified atom stereocenters. The number of H-pyrrole nitrogens is 1. The molecule has 4 rings (SSSR count). The number of nitrogens with one attached hydrogen (secondary N) is 3. The quantitative estimate of drug-likeness (QED) is 0.652. The van der Waals surface area contributed by atoms with Crippen LogP contribution in [0.25, 0.3) is 11.0 Å². The molecule has 1 saturated heterocycles. The summed E-state index contributed by atoms with van der Waals surface area (Å²) in [5, 5.41) is 7.30. The van der Waals surface area contributed by atoms with Gasteiger partial charge in [0.15, 0.2) is 0 Å². The van der Waals surface area contributed by atoms with Gasteiger partial charge >= 0.3 is 0 Å². The molecule has 0 aliphatic carbocycles. The Morgan fingerprint density at radius 2 is 2.00 bits per heavy atom. The summed E-state index contributed by atoms with van der Waals surface area (Å²) in [6.07, 6.45) is 5.60. The van der Waals surface area contributed by atoms with Gasteiger partial charge in [0.2, 0.25) is 0 Å². The van der Waals surface area contributed by atoms with Crippen molar-refractivity contribution in [3.05, 3.63) is 59.9 Å². The molecule has 1 aliphatic heterocycles. The lowest BCUT2D eigenvalue weighted by molar-refractivity contribution is 0.0963. The molecule has 0 bridgehead atoms. The van der Waals surface area contributed by atoms with Gasteiger partial charge in [-0.3, -0.25) is 9.69 Å². The number of carbonyl (C=O) groups is 1. The minimum atomic E-state index is -0.116. The number of amides is 1. The number of nitrogens with zero attached hydrogens (tertiary/aromatic N) is 2. The first-order valence-corrected chi connectivity index (χ1v) is 9.45. The number of hydrogen-bond acceptors (Lipinski definition) is 4. The van der Waals surface area contributed by atoms with Gasteiger partial charge in [-0.1, -0.05) is 30.3 Å². The van der Waals surface area contributed by atoms with Gasteiger partial charge in [-0.05, 0) is 24.5 Å². The van der Waals surface area contributed by atoms with E-state index in [0.717, 1.165) is 49.2 Å². The second kappa shape index (κ2) is 7.80. The van der Waals surface area contributed by atoms with Crippen LogP contribution >= 0.6 is 0 Å². The number of carbonyl (C=O) groups excluding carboxylic acids is 1. The summed E-state index contributed by atoms with van der Waals surface area (Å²) in [4.78, 5) is 22.3. The van der Waals surface area contributed by atoms with Gasteiger partial charge < -0.3 is 15.6 Å². The largest absolute Gasteiger partial charge is 0.381 e. The van der Waals surface area contributed by atoms with Gasteiger partial charge in [0.25, 0.3) is 5.91 Å². The number of likely N-dealkylation sites (tertiary alicyclic amines) is 1. The zero-order valence-corrected chi connectivity index (χ0v) is 15.5. The highest BCUT2D eigenvalue weighted by molar-refractivity contribution is 6.06. The topological polar surface area (TPSA) is 73.0 Å². The molecular weight excluding hydrogens is 338 g/mol. The van der Waals surface area contributed by atoms with E-state index in [1.54, 1.807) is 13.2 Å². The number of piperidine rings is 1. The van der Waals surface area contributed by atoms with E-state index < -0.39 is 0 Å². The van der Waals surface area contributed by atoms with Gasteiger partial charge in [-0.15, -0.1) is 0 Å². The van der Waals surface area contributed by atoms with Gasteiger partial charge in [0, 0.05) is 50.5 Å². The van der Waals surface area contributed by atoms with Crippen LogP contribution < -0.4 is 10.6 Å². The smallest absolute Gasteiger partial charge is 0.254 e. The van der Waals surface area contributed by atoms with Crippen LogP contribution in [0.3, 0.4) is 0 Å². The third-order valence-corrected chi connectivity index (χ3v) is 5.24. The number of benzene rings is 1. The van der Waals surface area contributed by atoms with E-state index in [0.29, 0.717) is 11.6 Å². The van der Waals surface area contributed by atoms with Gasteiger partial charge in [0.05, 0.1) is 11.3 Å². The van der Waals surface area contributed by atoms with Gasteiger partial charge in [-0.2, -0.15) is 0 Å². The first-order chi connectivity index (χ1) is 13.2. The molecule has 2 aromatic heterocycles. The van der Waals surface area contributed by atoms with Gasteiger partial charge in [-0.25, -0.2) is 4.98 Å². The minimum Gasteiger partial charge on any atom is -0.381 e. The summed E-state index contributed by atoms with van der Waals surface area (Å²) >= 11 is 0. The molecule has 0 atom stereocenters. The van der Waals surface area contributed by atoms with Crippen LogP contribution in [0.1, 0.15) is 28.8 Å². The first kappa shape index (κ1) is 17.5. The predicted octanol–water partition coefficient (Wildman–Crippen LogP) is 3.00. The summed E-state index contributed by atoms with van der Waals surface area (Å²) < 4.78 is 0. The van der Waals surface area contributed by atoms with E-state index >= 15 is 0 Å². The summed E-state index contributed by atoms with van der Waals surface area (Å²) in [6.45, 7) is 3.08. The van der Waals surface area contributed by atoms with Crippen molar-refractivity contribution in [1.29, 1.82) is 0 Å². The number of pyridine rings is 1. The second-order valence-electron chi connectivity index (χ2n) is 7.05. The Kier molecular flexibility index (Phi) is 5.07.